The van der Waals surface area contributed by atoms with Crippen molar-refractivity contribution >= 4 is 16.1 Å². The van der Waals surface area contributed by atoms with E-state index in [9.17, 15) is 23.2 Å². The molecule has 0 saturated carbocycles. The van der Waals surface area contributed by atoms with Gasteiger partial charge in [0.25, 0.3) is 10.1 Å². The number of rotatable bonds is 7. The number of ether oxygens (including phenoxy) is 2. The third-order valence-electron chi connectivity index (χ3n) is 10.2. The first-order valence-corrected chi connectivity index (χ1v) is 18.2. The number of nitrogens with two attached hydrogens (primary N) is 2. The first kappa shape index (κ1) is 34.0. The SMILES string of the molecule is CC[C@H]1C[C@@H](S(=O)(=O)O)[C@@H]2C=C3C[C@@H](C[C@H](CCCO)O[C@H]3c3ccc(O)cc3)[C@H]2c2ccc(cc2)[C@H](N=C(N)N)Oc2ccc1cc2. The van der Waals surface area contributed by atoms with E-state index in [2.05, 4.69) is 4.99 Å². The largest absolute Gasteiger partial charge is 0.508 e. The molecule has 11 heteroatoms. The molecule has 5 aliphatic heterocycles. The molecule has 1 saturated heterocycles. The molecule has 6 aliphatic rings. The van der Waals surface area contributed by atoms with Gasteiger partial charge in [-0.3, -0.25) is 4.55 Å². The molecule has 6 bridgehead atoms. The molecule has 48 heavy (non-hydrogen) atoms. The molecule has 8 atom stereocenters. The summed E-state index contributed by atoms with van der Waals surface area (Å²) >= 11 is 0. The molecular weight excluding hydrogens is 630 g/mol. The van der Waals surface area contributed by atoms with Gasteiger partial charge in [0, 0.05) is 18.1 Å². The number of phenolic OH excluding ortho intramolecular Hbond substituents is 1. The van der Waals surface area contributed by atoms with E-state index in [1.807, 2.05) is 73.7 Å². The fourth-order valence-electron chi connectivity index (χ4n) is 7.97. The van der Waals surface area contributed by atoms with Crippen LogP contribution in [0.4, 0.5) is 0 Å². The summed E-state index contributed by atoms with van der Waals surface area (Å²) in [6.07, 6.45) is 3.99. The van der Waals surface area contributed by atoms with Crippen molar-refractivity contribution in [3.05, 3.63) is 107 Å². The standard InChI is InChI=1S/C37H45N3O7S/c1-2-22-21-33(48(43,44)45)32-20-28-18-27(19-31(4-3-17-41)46-35(28)25-9-13-29(42)14-10-25)34(32)24-5-7-26(8-6-24)36(40-37(38)39)47-30-15-11-23(22)12-16-30/h5-16,20,22,27,31-36,41-42H,2-4,17-19,21H2,1H3,(H4,38,39,40)(H,43,44,45)/t22-,27-,31-,32-,33+,34+,35-,36+/m0/s1. The van der Waals surface area contributed by atoms with E-state index >= 15 is 0 Å². The van der Waals surface area contributed by atoms with Crippen LogP contribution >= 0.6 is 0 Å². The van der Waals surface area contributed by atoms with Gasteiger partial charge in [-0.2, -0.15) is 8.42 Å². The second kappa shape index (κ2) is 14.3. The minimum Gasteiger partial charge on any atom is -0.508 e. The van der Waals surface area contributed by atoms with E-state index < -0.39 is 33.6 Å². The summed E-state index contributed by atoms with van der Waals surface area (Å²) in [6.45, 7) is 2.06. The Balaban J connectivity index is 1.54. The molecule has 1 aliphatic carbocycles. The highest BCUT2D eigenvalue weighted by Gasteiger charge is 2.47. The number of fused-ring (bicyclic) bond motifs is 2. The van der Waals surface area contributed by atoms with Crippen molar-refractivity contribution in [3.63, 3.8) is 0 Å². The summed E-state index contributed by atoms with van der Waals surface area (Å²) in [7, 11) is -4.52. The van der Waals surface area contributed by atoms with Crippen molar-refractivity contribution in [3.8, 4) is 11.5 Å². The number of hydrogen-bond donors (Lipinski definition) is 5. The second-order valence-electron chi connectivity index (χ2n) is 13.3. The molecule has 10 nitrogen and oxygen atoms in total. The van der Waals surface area contributed by atoms with E-state index in [1.54, 1.807) is 12.1 Å². The lowest BCUT2D eigenvalue weighted by molar-refractivity contribution is -0.00268. The number of nitrogens with zero attached hydrogens (tertiary/aromatic N) is 1. The molecule has 256 valence electrons. The van der Waals surface area contributed by atoms with Gasteiger partial charge in [-0.1, -0.05) is 61.5 Å². The number of hydrogen-bond acceptors (Lipinski definition) is 7. The summed E-state index contributed by atoms with van der Waals surface area (Å²) in [5.41, 5.74) is 16.0. The highest BCUT2D eigenvalue weighted by Crippen LogP contribution is 2.53. The van der Waals surface area contributed by atoms with Gasteiger partial charge < -0.3 is 31.2 Å². The Labute approximate surface area is 282 Å². The van der Waals surface area contributed by atoms with Crippen molar-refractivity contribution in [2.75, 3.05) is 6.61 Å². The third-order valence-corrected chi connectivity index (χ3v) is 11.5. The molecule has 0 spiro atoms. The van der Waals surface area contributed by atoms with Crippen LogP contribution in [0.3, 0.4) is 0 Å². The fraction of sp³-hybridized carbons (Fsp3) is 0.432. The summed E-state index contributed by atoms with van der Waals surface area (Å²) in [6, 6.07) is 22.2. The maximum atomic E-state index is 13.5. The lowest BCUT2D eigenvalue weighted by Gasteiger charge is -2.41. The summed E-state index contributed by atoms with van der Waals surface area (Å²) in [5.74, 6) is -0.413. The van der Waals surface area contributed by atoms with Crippen LogP contribution in [-0.2, 0) is 14.9 Å². The van der Waals surface area contributed by atoms with Crippen molar-refractivity contribution in [1.82, 2.24) is 0 Å². The number of guanidine groups is 1. The van der Waals surface area contributed by atoms with Crippen LogP contribution in [0.5, 0.6) is 11.5 Å². The normalized spacial score (nSPS) is 28.6. The maximum Gasteiger partial charge on any atom is 0.268 e. The second-order valence-corrected chi connectivity index (χ2v) is 14.9. The van der Waals surface area contributed by atoms with Gasteiger partial charge in [0.2, 0.25) is 6.23 Å². The van der Waals surface area contributed by atoms with Crippen LogP contribution in [0.2, 0.25) is 0 Å². The Morgan fingerprint density at radius 3 is 2.19 bits per heavy atom. The predicted molar refractivity (Wildman–Crippen MR) is 184 cm³/mol. The zero-order valence-electron chi connectivity index (χ0n) is 27.1. The van der Waals surface area contributed by atoms with Crippen LogP contribution < -0.4 is 16.2 Å². The van der Waals surface area contributed by atoms with Crippen molar-refractivity contribution in [2.45, 2.75) is 81.0 Å². The monoisotopic (exact) mass is 675 g/mol. The maximum absolute atomic E-state index is 13.5. The van der Waals surface area contributed by atoms with Gasteiger partial charge in [0.1, 0.15) is 17.6 Å². The number of allylic oxidation sites excluding steroid dienone is 1. The molecular formula is C37H45N3O7S. The first-order valence-electron chi connectivity index (χ1n) is 16.7. The molecule has 0 amide bonds. The Morgan fingerprint density at radius 2 is 1.56 bits per heavy atom. The highest BCUT2D eigenvalue weighted by molar-refractivity contribution is 7.86. The lowest BCUT2D eigenvalue weighted by Crippen LogP contribution is -2.39. The molecule has 9 rings (SSSR count). The van der Waals surface area contributed by atoms with E-state index in [-0.39, 0.29) is 48.6 Å². The molecule has 0 radical (unpaired) electrons. The average Bonchev–Trinajstić information content (AvgIpc) is 3.20. The van der Waals surface area contributed by atoms with Crippen LogP contribution in [0.1, 0.15) is 91.9 Å². The van der Waals surface area contributed by atoms with Gasteiger partial charge in [-0.05, 0) is 103 Å². The third kappa shape index (κ3) is 7.39. The van der Waals surface area contributed by atoms with Gasteiger partial charge in [0.15, 0.2) is 5.96 Å². The molecule has 3 aromatic rings. The van der Waals surface area contributed by atoms with Crippen LogP contribution in [-0.4, -0.2) is 47.1 Å². The van der Waals surface area contributed by atoms with E-state index in [0.29, 0.717) is 37.9 Å². The minimum absolute atomic E-state index is 0.0183. The van der Waals surface area contributed by atoms with Crippen LogP contribution in [0, 0.1) is 11.8 Å². The highest BCUT2D eigenvalue weighted by atomic mass is 32.2. The smallest absolute Gasteiger partial charge is 0.268 e. The Kier molecular flexibility index (Phi) is 10.1. The topological polar surface area (TPSA) is 178 Å². The molecule has 7 N–H and O–H groups in total. The Morgan fingerprint density at radius 1 is 0.917 bits per heavy atom. The van der Waals surface area contributed by atoms with E-state index in [4.69, 9.17) is 20.9 Å². The molecule has 0 unspecified atom stereocenters. The number of phenols is 1. The van der Waals surface area contributed by atoms with Crippen LogP contribution in [0.25, 0.3) is 0 Å². The van der Waals surface area contributed by atoms with Gasteiger partial charge in [-0.25, -0.2) is 4.99 Å². The van der Waals surface area contributed by atoms with E-state index in [1.165, 1.54) is 0 Å². The summed E-state index contributed by atoms with van der Waals surface area (Å²) in [4.78, 5) is 4.35. The van der Waals surface area contributed by atoms with Crippen molar-refractivity contribution in [2.24, 2.45) is 28.3 Å². The average molecular weight is 676 g/mol. The number of aliphatic hydroxyl groups excluding tert-OH is 1. The number of benzene rings is 3. The van der Waals surface area contributed by atoms with Crippen LogP contribution in [0.15, 0.2) is 89.4 Å². The van der Waals surface area contributed by atoms with Crippen molar-refractivity contribution in [1.29, 1.82) is 0 Å². The van der Waals surface area contributed by atoms with E-state index in [0.717, 1.165) is 27.8 Å². The molecule has 0 aromatic heterocycles. The molecule has 5 heterocycles. The first-order chi connectivity index (χ1) is 23.0. The minimum atomic E-state index is -4.52. The van der Waals surface area contributed by atoms with Gasteiger partial charge >= 0.3 is 0 Å². The quantitative estimate of drug-likeness (QED) is 0.0890. The number of aromatic hydroxyl groups is 1. The molecule has 3 aromatic carbocycles. The molecule has 1 fully saturated rings. The Bertz CT molecular complexity index is 1720. The van der Waals surface area contributed by atoms with Crippen molar-refractivity contribution < 1.29 is 32.7 Å². The zero-order valence-corrected chi connectivity index (χ0v) is 27.9. The summed E-state index contributed by atoms with van der Waals surface area (Å²) in [5, 5.41) is 18.6. The summed E-state index contributed by atoms with van der Waals surface area (Å²) < 4.78 is 51.1. The number of aliphatic hydroxyl groups is 1. The Hall–Kier alpha value is -3.90. The fourth-order valence-corrected chi connectivity index (χ4v) is 9.09. The zero-order chi connectivity index (χ0) is 34.0. The lowest BCUT2D eigenvalue weighted by atomic mass is 9.65. The van der Waals surface area contributed by atoms with Gasteiger partial charge in [0.05, 0.1) is 11.4 Å². The number of aliphatic imine (C=N–C) groups is 1. The predicted octanol–water partition coefficient (Wildman–Crippen LogP) is 5.85. The van der Waals surface area contributed by atoms with Gasteiger partial charge in [-0.15, -0.1) is 0 Å².